The predicted molar refractivity (Wildman–Crippen MR) is 82.1 cm³/mol. The number of amidine groups is 1. The highest BCUT2D eigenvalue weighted by Gasteiger charge is 2.09. The van der Waals surface area contributed by atoms with Crippen LogP contribution in [0.2, 0.25) is 0 Å². The molecule has 0 aromatic heterocycles. The van der Waals surface area contributed by atoms with Crippen molar-refractivity contribution < 1.29 is 4.79 Å². The summed E-state index contributed by atoms with van der Waals surface area (Å²) in [6.45, 7) is 1.81. The smallest absolute Gasteiger partial charge is 0.319 e. The number of carbonyl (C=O) groups excluding carboxylic acids is 1. The van der Waals surface area contributed by atoms with Crippen molar-refractivity contribution >= 4 is 28.3 Å². The number of nitrogens with two attached hydrogens (primary N) is 1. The third kappa shape index (κ3) is 3.47. The van der Waals surface area contributed by atoms with Crippen LogP contribution < -0.4 is 16.4 Å². The van der Waals surface area contributed by atoms with E-state index in [4.69, 9.17) is 11.1 Å². The van der Waals surface area contributed by atoms with E-state index >= 15 is 0 Å². The maximum atomic E-state index is 11.9. The van der Waals surface area contributed by atoms with E-state index in [1.165, 1.54) is 0 Å². The first-order valence-corrected chi connectivity index (χ1v) is 6.44. The summed E-state index contributed by atoms with van der Waals surface area (Å²) in [6, 6.07) is 13.1. The van der Waals surface area contributed by atoms with Gasteiger partial charge in [-0.2, -0.15) is 0 Å². The standard InChI is InChI=1S/C15H18N4O/c1-10(9-14(16)17)18-15(20)19-13-8-4-6-11-5-2-3-7-12(11)13/h2-8,10H,9H2,1H3,(H3,16,17)(H2,18,19,20). The zero-order chi connectivity index (χ0) is 14.5. The van der Waals surface area contributed by atoms with Crippen LogP contribution in [0.25, 0.3) is 10.8 Å². The van der Waals surface area contributed by atoms with Crippen molar-refractivity contribution in [2.24, 2.45) is 5.73 Å². The van der Waals surface area contributed by atoms with Gasteiger partial charge in [-0.1, -0.05) is 36.4 Å². The van der Waals surface area contributed by atoms with Crippen LogP contribution in [-0.4, -0.2) is 17.9 Å². The van der Waals surface area contributed by atoms with Gasteiger partial charge in [0.25, 0.3) is 0 Å². The number of benzene rings is 2. The third-order valence-corrected chi connectivity index (χ3v) is 2.94. The molecule has 2 amide bonds. The van der Waals surface area contributed by atoms with Gasteiger partial charge in [-0.25, -0.2) is 4.79 Å². The van der Waals surface area contributed by atoms with Crippen LogP contribution in [0.5, 0.6) is 0 Å². The fourth-order valence-electron chi connectivity index (χ4n) is 2.10. The Bertz CT molecular complexity index is 633. The van der Waals surface area contributed by atoms with Crippen LogP contribution >= 0.6 is 0 Å². The molecule has 0 saturated carbocycles. The molecule has 2 aromatic rings. The van der Waals surface area contributed by atoms with E-state index in [9.17, 15) is 4.79 Å². The predicted octanol–water partition coefficient (Wildman–Crippen LogP) is 2.68. The first-order chi connectivity index (χ1) is 9.56. The Balaban J connectivity index is 2.08. The lowest BCUT2D eigenvalue weighted by molar-refractivity contribution is 0.249. The summed E-state index contributed by atoms with van der Waals surface area (Å²) < 4.78 is 0. The van der Waals surface area contributed by atoms with Gasteiger partial charge in [-0.3, -0.25) is 5.41 Å². The van der Waals surface area contributed by atoms with Crippen molar-refractivity contribution in [2.45, 2.75) is 19.4 Å². The number of carbonyl (C=O) groups is 1. The Kier molecular flexibility index (Phi) is 4.20. The highest BCUT2D eigenvalue weighted by atomic mass is 16.2. The molecule has 20 heavy (non-hydrogen) atoms. The molecule has 0 heterocycles. The summed E-state index contributed by atoms with van der Waals surface area (Å²) in [7, 11) is 0. The number of anilines is 1. The number of rotatable bonds is 4. The van der Waals surface area contributed by atoms with E-state index in [-0.39, 0.29) is 17.9 Å². The third-order valence-electron chi connectivity index (χ3n) is 2.94. The largest absolute Gasteiger partial charge is 0.388 e. The van der Waals surface area contributed by atoms with Gasteiger partial charge in [0.05, 0.1) is 11.5 Å². The molecular weight excluding hydrogens is 252 g/mol. The minimum Gasteiger partial charge on any atom is -0.388 e. The summed E-state index contributed by atoms with van der Waals surface area (Å²) >= 11 is 0. The van der Waals surface area contributed by atoms with Crippen LogP contribution in [0.3, 0.4) is 0 Å². The van der Waals surface area contributed by atoms with E-state index in [0.29, 0.717) is 6.42 Å². The molecule has 0 aliphatic carbocycles. The Morgan fingerprint density at radius 1 is 1.25 bits per heavy atom. The SMILES string of the molecule is CC(CC(=N)N)NC(=O)Nc1cccc2ccccc12. The normalized spacial score (nSPS) is 11.8. The summed E-state index contributed by atoms with van der Waals surface area (Å²) in [5.74, 6) is 0.0583. The van der Waals surface area contributed by atoms with Crippen molar-refractivity contribution in [2.75, 3.05) is 5.32 Å². The number of nitrogens with one attached hydrogen (secondary N) is 3. The van der Waals surface area contributed by atoms with Crippen LogP contribution in [0.1, 0.15) is 13.3 Å². The number of amides is 2. The van der Waals surface area contributed by atoms with Crippen molar-refractivity contribution in [3.63, 3.8) is 0 Å². The quantitative estimate of drug-likeness (QED) is 0.508. The van der Waals surface area contributed by atoms with Gasteiger partial charge < -0.3 is 16.4 Å². The summed E-state index contributed by atoms with van der Waals surface area (Å²) in [6.07, 6.45) is 0.336. The second kappa shape index (κ2) is 6.06. The molecule has 1 atom stereocenters. The summed E-state index contributed by atoms with van der Waals surface area (Å²) in [4.78, 5) is 11.9. The molecule has 0 saturated heterocycles. The lowest BCUT2D eigenvalue weighted by Gasteiger charge is -2.14. The zero-order valence-corrected chi connectivity index (χ0v) is 11.3. The molecular formula is C15H18N4O. The maximum Gasteiger partial charge on any atom is 0.319 e. The van der Waals surface area contributed by atoms with E-state index in [0.717, 1.165) is 16.5 Å². The molecule has 2 rings (SSSR count). The summed E-state index contributed by atoms with van der Waals surface area (Å²) in [5, 5.41) is 14.8. The van der Waals surface area contributed by atoms with Crippen LogP contribution in [0.15, 0.2) is 42.5 Å². The minimum atomic E-state index is -0.296. The van der Waals surface area contributed by atoms with Crippen molar-refractivity contribution in [1.82, 2.24) is 5.32 Å². The average molecular weight is 270 g/mol. The van der Waals surface area contributed by atoms with Gasteiger partial charge in [0.2, 0.25) is 0 Å². The molecule has 5 N–H and O–H groups in total. The van der Waals surface area contributed by atoms with Crippen LogP contribution in [-0.2, 0) is 0 Å². The molecule has 0 aliphatic heterocycles. The van der Waals surface area contributed by atoms with Crippen LogP contribution in [0, 0.1) is 5.41 Å². The van der Waals surface area contributed by atoms with Gasteiger partial charge in [0.1, 0.15) is 0 Å². The average Bonchev–Trinajstić information content (AvgIpc) is 2.38. The molecule has 0 aliphatic rings. The molecule has 2 aromatic carbocycles. The fraction of sp³-hybridized carbons (Fsp3) is 0.200. The molecule has 1 unspecified atom stereocenters. The maximum absolute atomic E-state index is 11.9. The van der Waals surface area contributed by atoms with Gasteiger partial charge in [0.15, 0.2) is 0 Å². The minimum absolute atomic E-state index is 0.0583. The second-order valence-electron chi connectivity index (χ2n) is 4.76. The van der Waals surface area contributed by atoms with Crippen molar-refractivity contribution in [3.05, 3.63) is 42.5 Å². The molecule has 5 heteroatoms. The van der Waals surface area contributed by atoms with Gasteiger partial charge in [-0.15, -0.1) is 0 Å². The fourth-order valence-corrected chi connectivity index (χ4v) is 2.10. The molecule has 0 radical (unpaired) electrons. The van der Waals surface area contributed by atoms with E-state index < -0.39 is 0 Å². The Morgan fingerprint density at radius 2 is 1.95 bits per heavy atom. The number of fused-ring (bicyclic) bond motifs is 1. The van der Waals surface area contributed by atoms with Crippen LogP contribution in [0.4, 0.5) is 10.5 Å². The molecule has 0 fully saturated rings. The highest BCUT2D eigenvalue weighted by Crippen LogP contribution is 2.22. The molecule has 5 nitrogen and oxygen atoms in total. The lowest BCUT2D eigenvalue weighted by Crippen LogP contribution is -2.38. The summed E-state index contributed by atoms with van der Waals surface area (Å²) in [5.41, 5.74) is 6.07. The zero-order valence-electron chi connectivity index (χ0n) is 11.3. The number of hydrogen-bond donors (Lipinski definition) is 4. The first-order valence-electron chi connectivity index (χ1n) is 6.44. The lowest BCUT2D eigenvalue weighted by atomic mass is 10.1. The Hall–Kier alpha value is -2.56. The molecule has 0 bridgehead atoms. The highest BCUT2D eigenvalue weighted by molar-refractivity contribution is 6.01. The Morgan fingerprint density at radius 3 is 2.70 bits per heavy atom. The number of urea groups is 1. The first kappa shape index (κ1) is 13.9. The van der Waals surface area contributed by atoms with Gasteiger partial charge in [0, 0.05) is 17.8 Å². The van der Waals surface area contributed by atoms with Gasteiger partial charge in [-0.05, 0) is 18.4 Å². The van der Waals surface area contributed by atoms with E-state index in [1.807, 2.05) is 49.4 Å². The topological polar surface area (TPSA) is 91.0 Å². The van der Waals surface area contributed by atoms with Crippen molar-refractivity contribution in [3.8, 4) is 0 Å². The van der Waals surface area contributed by atoms with E-state index in [1.54, 1.807) is 0 Å². The van der Waals surface area contributed by atoms with Gasteiger partial charge >= 0.3 is 6.03 Å². The Labute approximate surface area is 117 Å². The second-order valence-corrected chi connectivity index (χ2v) is 4.76. The monoisotopic (exact) mass is 270 g/mol. The number of hydrogen-bond acceptors (Lipinski definition) is 2. The van der Waals surface area contributed by atoms with Crippen molar-refractivity contribution in [1.29, 1.82) is 5.41 Å². The molecule has 104 valence electrons. The molecule has 0 spiro atoms. The van der Waals surface area contributed by atoms with E-state index in [2.05, 4.69) is 10.6 Å².